The Balaban J connectivity index is 2.55. The van der Waals surface area contributed by atoms with Crippen LogP contribution in [-0.4, -0.2) is 31.1 Å². The van der Waals surface area contributed by atoms with Crippen molar-refractivity contribution in [1.82, 2.24) is 5.32 Å². The lowest BCUT2D eigenvalue weighted by Crippen LogP contribution is -2.43. The fourth-order valence-corrected chi connectivity index (χ4v) is 1.73. The molecule has 22 heavy (non-hydrogen) atoms. The van der Waals surface area contributed by atoms with Crippen LogP contribution in [0.2, 0.25) is 0 Å². The molecule has 0 fully saturated rings. The summed E-state index contributed by atoms with van der Waals surface area (Å²) in [4.78, 5) is 23.6. The Morgan fingerprint density at radius 3 is 2.59 bits per heavy atom. The fraction of sp³-hybridized carbons (Fsp3) is 0.500. The molecule has 5 nitrogen and oxygen atoms in total. The molecule has 0 spiro atoms. The molecular weight excluding hydrogens is 287 g/mol. The highest BCUT2D eigenvalue weighted by Crippen LogP contribution is 2.10. The molecule has 0 aromatic heterocycles. The Hall–Kier alpha value is -1.95. The van der Waals surface area contributed by atoms with Gasteiger partial charge in [0.2, 0.25) is 0 Å². The number of nitrogens with two attached hydrogens (primary N) is 1. The molecule has 1 amide bonds. The van der Waals surface area contributed by atoms with Crippen LogP contribution < -0.4 is 11.1 Å². The van der Waals surface area contributed by atoms with Crippen LogP contribution in [0.3, 0.4) is 0 Å². The second-order valence-corrected chi connectivity index (χ2v) is 5.54. The summed E-state index contributed by atoms with van der Waals surface area (Å²) in [6, 6.07) is 3.20. The molecule has 122 valence electrons. The van der Waals surface area contributed by atoms with Crippen molar-refractivity contribution in [2.45, 2.75) is 33.2 Å². The van der Waals surface area contributed by atoms with Gasteiger partial charge in [-0.25, -0.2) is 4.39 Å². The number of aryl methyl sites for hydroxylation is 1. The highest BCUT2D eigenvalue weighted by molar-refractivity contribution is 5.94. The van der Waals surface area contributed by atoms with E-state index in [9.17, 15) is 14.0 Å². The van der Waals surface area contributed by atoms with Gasteiger partial charge in [-0.2, -0.15) is 0 Å². The minimum absolute atomic E-state index is 0.0618. The fourth-order valence-electron chi connectivity index (χ4n) is 1.73. The maximum Gasteiger partial charge on any atom is 0.324 e. The monoisotopic (exact) mass is 310 g/mol. The van der Waals surface area contributed by atoms with Crippen molar-refractivity contribution in [1.29, 1.82) is 0 Å². The molecule has 0 bridgehead atoms. The maximum absolute atomic E-state index is 13.4. The van der Waals surface area contributed by atoms with Crippen LogP contribution in [-0.2, 0) is 16.0 Å². The Morgan fingerprint density at radius 1 is 1.32 bits per heavy atom. The zero-order valence-corrected chi connectivity index (χ0v) is 13.2. The van der Waals surface area contributed by atoms with Gasteiger partial charge >= 0.3 is 5.97 Å². The van der Waals surface area contributed by atoms with Crippen LogP contribution >= 0.6 is 0 Å². The van der Waals surface area contributed by atoms with Gasteiger partial charge in [-0.1, -0.05) is 20.8 Å². The molecule has 1 aromatic carbocycles. The SMILES string of the molecule is CCc1cc(F)cc(C(=O)NC[C@@H](N)C(=O)OCC(C)C)c1. The minimum atomic E-state index is -0.943. The first kappa shape index (κ1) is 18.1. The number of amides is 1. The zero-order chi connectivity index (χ0) is 16.7. The van der Waals surface area contributed by atoms with Crippen LogP contribution in [0.5, 0.6) is 0 Å². The molecule has 0 radical (unpaired) electrons. The number of esters is 1. The molecule has 0 unspecified atom stereocenters. The number of carbonyl (C=O) groups is 2. The number of hydrogen-bond acceptors (Lipinski definition) is 4. The lowest BCUT2D eigenvalue weighted by Gasteiger charge is -2.14. The molecule has 1 rings (SSSR count). The number of hydrogen-bond donors (Lipinski definition) is 2. The zero-order valence-electron chi connectivity index (χ0n) is 13.2. The van der Waals surface area contributed by atoms with E-state index in [2.05, 4.69) is 5.32 Å². The summed E-state index contributed by atoms with van der Waals surface area (Å²) < 4.78 is 18.4. The van der Waals surface area contributed by atoms with Gasteiger partial charge in [-0.15, -0.1) is 0 Å². The Bertz CT molecular complexity index is 532. The van der Waals surface area contributed by atoms with Gasteiger partial charge in [0.05, 0.1) is 6.61 Å². The van der Waals surface area contributed by atoms with Crippen LogP contribution in [0.4, 0.5) is 4.39 Å². The number of benzene rings is 1. The van der Waals surface area contributed by atoms with E-state index in [1.165, 1.54) is 6.07 Å². The average Bonchev–Trinajstić information content (AvgIpc) is 2.48. The summed E-state index contributed by atoms with van der Waals surface area (Å²) in [6.45, 7) is 5.92. The van der Waals surface area contributed by atoms with Crippen LogP contribution in [0.25, 0.3) is 0 Å². The van der Waals surface area contributed by atoms with Crippen molar-refractivity contribution in [2.24, 2.45) is 11.7 Å². The molecule has 0 saturated heterocycles. The van der Waals surface area contributed by atoms with E-state index in [-0.39, 0.29) is 24.6 Å². The molecule has 0 saturated carbocycles. The third-order valence-electron chi connectivity index (χ3n) is 2.97. The molecule has 1 atom stereocenters. The van der Waals surface area contributed by atoms with Gasteiger partial charge in [-0.3, -0.25) is 9.59 Å². The highest BCUT2D eigenvalue weighted by atomic mass is 19.1. The Labute approximate surface area is 130 Å². The summed E-state index contributed by atoms with van der Waals surface area (Å²) in [5, 5.41) is 2.51. The number of halogens is 1. The number of ether oxygens (including phenoxy) is 1. The van der Waals surface area contributed by atoms with Gasteiger partial charge in [0, 0.05) is 12.1 Å². The predicted molar refractivity (Wildman–Crippen MR) is 81.9 cm³/mol. The van der Waals surface area contributed by atoms with Gasteiger partial charge in [-0.05, 0) is 36.1 Å². The van der Waals surface area contributed by atoms with Gasteiger partial charge in [0.25, 0.3) is 5.91 Å². The molecular formula is C16H23FN2O3. The van der Waals surface area contributed by atoms with Gasteiger partial charge in [0.1, 0.15) is 11.9 Å². The highest BCUT2D eigenvalue weighted by Gasteiger charge is 2.17. The number of rotatable bonds is 7. The number of carbonyl (C=O) groups excluding carboxylic acids is 2. The van der Waals surface area contributed by atoms with Crippen molar-refractivity contribution < 1.29 is 18.7 Å². The normalized spacial score (nSPS) is 12.1. The van der Waals surface area contributed by atoms with Gasteiger partial charge in [0.15, 0.2) is 0 Å². The molecule has 6 heteroatoms. The van der Waals surface area contributed by atoms with E-state index in [0.29, 0.717) is 6.42 Å². The second-order valence-electron chi connectivity index (χ2n) is 5.54. The van der Waals surface area contributed by atoms with Crippen LogP contribution in [0.15, 0.2) is 18.2 Å². The van der Waals surface area contributed by atoms with E-state index >= 15 is 0 Å². The first-order valence-corrected chi connectivity index (χ1v) is 7.33. The summed E-state index contributed by atoms with van der Waals surface area (Å²) >= 11 is 0. The predicted octanol–water partition coefficient (Wildman–Crippen LogP) is 1.64. The molecule has 0 aliphatic rings. The number of nitrogens with one attached hydrogen (secondary N) is 1. The van der Waals surface area contributed by atoms with Crippen molar-refractivity contribution in [2.75, 3.05) is 13.2 Å². The molecule has 3 N–H and O–H groups in total. The van der Waals surface area contributed by atoms with E-state index in [1.54, 1.807) is 6.07 Å². The second kappa shape index (κ2) is 8.48. The summed E-state index contributed by atoms with van der Waals surface area (Å²) in [6.07, 6.45) is 0.624. The average molecular weight is 310 g/mol. The van der Waals surface area contributed by atoms with Gasteiger partial charge < -0.3 is 15.8 Å². The van der Waals surface area contributed by atoms with E-state index < -0.39 is 23.7 Å². The topological polar surface area (TPSA) is 81.4 Å². The van der Waals surface area contributed by atoms with Crippen molar-refractivity contribution in [3.05, 3.63) is 35.1 Å². The largest absolute Gasteiger partial charge is 0.464 e. The Morgan fingerprint density at radius 2 is 2.00 bits per heavy atom. The van der Waals surface area contributed by atoms with Crippen LogP contribution in [0.1, 0.15) is 36.7 Å². The lowest BCUT2D eigenvalue weighted by atomic mass is 10.1. The summed E-state index contributed by atoms with van der Waals surface area (Å²) in [5.74, 6) is -1.29. The maximum atomic E-state index is 13.4. The van der Waals surface area contributed by atoms with E-state index in [4.69, 9.17) is 10.5 Å². The van der Waals surface area contributed by atoms with E-state index in [1.807, 2.05) is 20.8 Å². The third kappa shape index (κ3) is 5.81. The molecule has 0 aliphatic heterocycles. The molecule has 1 aromatic rings. The van der Waals surface area contributed by atoms with Crippen molar-refractivity contribution in [3.8, 4) is 0 Å². The Kier molecular flexibility index (Phi) is 6.98. The standard InChI is InChI=1S/C16H23FN2O3/c1-4-11-5-12(7-13(17)6-11)15(20)19-8-14(18)16(21)22-9-10(2)3/h5-7,10,14H,4,8-9,18H2,1-3H3,(H,19,20)/t14-/m1/s1. The van der Waals surface area contributed by atoms with Crippen molar-refractivity contribution in [3.63, 3.8) is 0 Å². The summed E-state index contributed by atoms with van der Waals surface area (Å²) in [7, 11) is 0. The quantitative estimate of drug-likeness (QED) is 0.750. The first-order chi connectivity index (χ1) is 10.3. The smallest absolute Gasteiger partial charge is 0.324 e. The minimum Gasteiger partial charge on any atom is -0.464 e. The third-order valence-corrected chi connectivity index (χ3v) is 2.97. The van der Waals surface area contributed by atoms with E-state index in [0.717, 1.165) is 11.6 Å². The summed E-state index contributed by atoms with van der Waals surface area (Å²) in [5.41, 5.74) is 6.59. The molecule has 0 aliphatic carbocycles. The molecule has 0 heterocycles. The first-order valence-electron chi connectivity index (χ1n) is 7.33. The lowest BCUT2D eigenvalue weighted by molar-refractivity contribution is -0.146. The van der Waals surface area contributed by atoms with Crippen molar-refractivity contribution >= 4 is 11.9 Å². The van der Waals surface area contributed by atoms with Crippen LogP contribution in [0, 0.1) is 11.7 Å².